The lowest BCUT2D eigenvalue weighted by Crippen LogP contribution is -2.34. The summed E-state index contributed by atoms with van der Waals surface area (Å²) in [4.78, 5) is 0. The van der Waals surface area contributed by atoms with Crippen LogP contribution in [0.25, 0.3) is 0 Å². The maximum atomic E-state index is 5.71. The molecule has 2 nitrogen and oxygen atoms in total. The quantitative estimate of drug-likeness (QED) is 0.632. The summed E-state index contributed by atoms with van der Waals surface area (Å²) in [5.41, 5.74) is 0. The summed E-state index contributed by atoms with van der Waals surface area (Å²) in [6.45, 7) is 1.57. The van der Waals surface area contributed by atoms with Crippen LogP contribution >= 0.6 is 22.6 Å². The second-order valence-electron chi connectivity index (χ2n) is 3.80. The van der Waals surface area contributed by atoms with Gasteiger partial charge in [0.2, 0.25) is 0 Å². The molecule has 0 unspecified atom stereocenters. The third kappa shape index (κ3) is 0.873. The number of allylic oxidation sites excluding steroid dienone is 1. The van der Waals surface area contributed by atoms with Crippen LogP contribution in [-0.2, 0) is 9.47 Å². The van der Waals surface area contributed by atoms with Gasteiger partial charge in [-0.15, -0.1) is 0 Å². The molecule has 2 bridgehead atoms. The average Bonchev–Trinajstić information content (AvgIpc) is 2.68. The van der Waals surface area contributed by atoms with Crippen molar-refractivity contribution in [3.8, 4) is 0 Å². The molecule has 0 aromatic heterocycles. The normalized spacial score (nSPS) is 42.6. The second kappa shape index (κ2) is 2.45. The maximum absolute atomic E-state index is 5.71. The van der Waals surface area contributed by atoms with Gasteiger partial charge in [-0.3, -0.25) is 0 Å². The molecule has 66 valence electrons. The average molecular weight is 278 g/mol. The Balaban J connectivity index is 1.93. The Hall–Kier alpha value is 0.390. The Kier molecular flexibility index (Phi) is 1.59. The molecule has 1 aliphatic heterocycles. The van der Waals surface area contributed by atoms with Crippen molar-refractivity contribution in [2.75, 3.05) is 13.2 Å². The van der Waals surface area contributed by atoms with E-state index in [9.17, 15) is 0 Å². The summed E-state index contributed by atoms with van der Waals surface area (Å²) >= 11 is 2.44. The molecule has 1 spiro atoms. The van der Waals surface area contributed by atoms with E-state index in [1.807, 2.05) is 0 Å². The largest absolute Gasteiger partial charge is 0.347 e. The van der Waals surface area contributed by atoms with Gasteiger partial charge in [0.25, 0.3) is 0 Å². The number of fused-ring (bicyclic) bond motifs is 3. The van der Waals surface area contributed by atoms with E-state index in [1.54, 1.807) is 0 Å². The summed E-state index contributed by atoms with van der Waals surface area (Å²) in [5.74, 6) is 1.07. The zero-order valence-electron chi connectivity index (χ0n) is 6.75. The number of hydrogen-bond acceptors (Lipinski definition) is 2. The predicted molar refractivity (Wildman–Crippen MR) is 53.0 cm³/mol. The molecular formula is C9H11IO2. The SMILES string of the molecule is IC1=C[C@@H]2C[C@H]1CC21OCCO1. The molecule has 3 heteroatoms. The molecule has 2 atom stereocenters. The van der Waals surface area contributed by atoms with Crippen LogP contribution in [0.1, 0.15) is 12.8 Å². The van der Waals surface area contributed by atoms with Gasteiger partial charge in [-0.1, -0.05) is 6.08 Å². The molecule has 0 radical (unpaired) electrons. The first-order chi connectivity index (χ1) is 5.80. The summed E-state index contributed by atoms with van der Waals surface area (Å²) < 4.78 is 12.9. The second-order valence-corrected chi connectivity index (χ2v) is 5.05. The maximum Gasteiger partial charge on any atom is 0.175 e. The molecule has 1 saturated heterocycles. The first-order valence-corrected chi connectivity index (χ1v) is 5.53. The number of hydrogen-bond donors (Lipinski definition) is 0. The van der Waals surface area contributed by atoms with Crippen LogP contribution in [0, 0.1) is 11.8 Å². The Morgan fingerprint density at radius 2 is 2.17 bits per heavy atom. The van der Waals surface area contributed by atoms with Gasteiger partial charge in [-0.25, -0.2) is 0 Å². The molecule has 0 amide bonds. The van der Waals surface area contributed by atoms with E-state index in [2.05, 4.69) is 28.7 Å². The molecule has 0 aromatic carbocycles. The minimum absolute atomic E-state index is 0.195. The van der Waals surface area contributed by atoms with Crippen molar-refractivity contribution in [2.45, 2.75) is 18.6 Å². The van der Waals surface area contributed by atoms with E-state index in [0.29, 0.717) is 5.92 Å². The third-order valence-corrected chi connectivity index (χ3v) is 4.40. The number of halogens is 1. The molecule has 2 fully saturated rings. The van der Waals surface area contributed by atoms with Crippen molar-refractivity contribution in [2.24, 2.45) is 11.8 Å². The van der Waals surface area contributed by atoms with E-state index >= 15 is 0 Å². The first-order valence-electron chi connectivity index (χ1n) is 4.45. The minimum atomic E-state index is -0.195. The van der Waals surface area contributed by atoms with Crippen molar-refractivity contribution < 1.29 is 9.47 Å². The fraction of sp³-hybridized carbons (Fsp3) is 0.778. The highest BCUT2D eigenvalue weighted by molar-refractivity contribution is 14.1. The summed E-state index contributed by atoms with van der Waals surface area (Å²) in [6.07, 6.45) is 4.67. The van der Waals surface area contributed by atoms with Crippen LogP contribution in [0.4, 0.5) is 0 Å². The summed E-state index contributed by atoms with van der Waals surface area (Å²) in [7, 11) is 0. The lowest BCUT2D eigenvalue weighted by atomic mass is 10.0. The first kappa shape index (κ1) is 7.76. The fourth-order valence-corrected chi connectivity index (χ4v) is 3.51. The highest BCUT2D eigenvalue weighted by atomic mass is 127. The topological polar surface area (TPSA) is 18.5 Å². The van der Waals surface area contributed by atoms with Gasteiger partial charge in [-0.2, -0.15) is 0 Å². The lowest BCUT2D eigenvalue weighted by Gasteiger charge is -2.29. The Bertz CT molecular complexity index is 243. The van der Waals surface area contributed by atoms with Crippen molar-refractivity contribution in [3.63, 3.8) is 0 Å². The molecule has 3 rings (SSSR count). The van der Waals surface area contributed by atoms with Crippen LogP contribution in [0.15, 0.2) is 9.66 Å². The minimum Gasteiger partial charge on any atom is -0.347 e. The molecule has 1 saturated carbocycles. The van der Waals surface area contributed by atoms with Gasteiger partial charge in [-0.05, 0) is 38.5 Å². The van der Waals surface area contributed by atoms with Gasteiger partial charge in [0.15, 0.2) is 5.79 Å². The van der Waals surface area contributed by atoms with Crippen LogP contribution in [-0.4, -0.2) is 19.0 Å². The van der Waals surface area contributed by atoms with Crippen LogP contribution in [0.3, 0.4) is 0 Å². The Morgan fingerprint density at radius 3 is 2.67 bits per heavy atom. The monoisotopic (exact) mass is 278 g/mol. The van der Waals surface area contributed by atoms with Crippen molar-refractivity contribution in [1.82, 2.24) is 0 Å². The Labute approximate surface area is 85.4 Å². The summed E-state index contributed by atoms with van der Waals surface area (Å²) in [5, 5.41) is 0. The molecule has 0 aromatic rings. The summed E-state index contributed by atoms with van der Waals surface area (Å²) in [6, 6.07) is 0. The van der Waals surface area contributed by atoms with Crippen LogP contribution in [0.5, 0.6) is 0 Å². The van der Waals surface area contributed by atoms with E-state index < -0.39 is 0 Å². The zero-order valence-corrected chi connectivity index (χ0v) is 8.91. The van der Waals surface area contributed by atoms with Gasteiger partial charge < -0.3 is 9.47 Å². The van der Waals surface area contributed by atoms with E-state index in [4.69, 9.17) is 9.47 Å². The molecular weight excluding hydrogens is 267 g/mol. The van der Waals surface area contributed by atoms with Crippen LogP contribution < -0.4 is 0 Å². The van der Waals surface area contributed by atoms with E-state index in [-0.39, 0.29) is 5.79 Å². The molecule has 2 aliphatic carbocycles. The van der Waals surface area contributed by atoms with E-state index in [0.717, 1.165) is 25.6 Å². The molecule has 1 heterocycles. The van der Waals surface area contributed by atoms with Crippen molar-refractivity contribution >= 4 is 22.6 Å². The lowest BCUT2D eigenvalue weighted by molar-refractivity contribution is -0.173. The standard InChI is InChI=1S/C9H11IO2/c10-8-4-7-3-6(8)5-9(7)11-1-2-12-9/h4,6-7H,1-3,5H2/t6-,7-/m0/s1. The number of rotatable bonds is 0. The smallest absolute Gasteiger partial charge is 0.175 e. The van der Waals surface area contributed by atoms with Crippen LogP contribution in [0.2, 0.25) is 0 Å². The molecule has 12 heavy (non-hydrogen) atoms. The van der Waals surface area contributed by atoms with Gasteiger partial charge in [0.1, 0.15) is 0 Å². The molecule has 3 aliphatic rings. The predicted octanol–water partition coefficient (Wildman–Crippen LogP) is 2.09. The fourth-order valence-electron chi connectivity index (χ4n) is 2.60. The third-order valence-electron chi connectivity index (χ3n) is 3.16. The number of ether oxygens (including phenoxy) is 2. The van der Waals surface area contributed by atoms with Crippen molar-refractivity contribution in [3.05, 3.63) is 9.66 Å². The highest BCUT2D eigenvalue weighted by Gasteiger charge is 2.54. The Morgan fingerprint density at radius 1 is 1.42 bits per heavy atom. The van der Waals surface area contributed by atoms with Gasteiger partial charge in [0, 0.05) is 12.3 Å². The highest BCUT2D eigenvalue weighted by Crippen LogP contribution is 2.55. The van der Waals surface area contributed by atoms with Gasteiger partial charge in [0.05, 0.1) is 13.2 Å². The van der Waals surface area contributed by atoms with E-state index in [1.165, 1.54) is 10.0 Å². The molecule has 0 N–H and O–H groups in total. The van der Waals surface area contributed by atoms with Crippen molar-refractivity contribution in [1.29, 1.82) is 0 Å². The zero-order chi connectivity index (χ0) is 8.18. The van der Waals surface area contributed by atoms with Gasteiger partial charge >= 0.3 is 0 Å².